The summed E-state index contributed by atoms with van der Waals surface area (Å²) in [4.78, 5) is 4.32. The molecular weight excluding hydrogens is 262 g/mol. The van der Waals surface area contributed by atoms with Crippen molar-refractivity contribution in [3.05, 3.63) is 18.3 Å². The highest BCUT2D eigenvalue weighted by Crippen LogP contribution is 2.24. The van der Waals surface area contributed by atoms with Gasteiger partial charge in [-0.25, -0.2) is 17.7 Å². The van der Waals surface area contributed by atoms with Crippen LogP contribution in [0.3, 0.4) is 0 Å². The van der Waals surface area contributed by atoms with Crippen LogP contribution in [-0.2, 0) is 10.0 Å². The Kier molecular flexibility index (Phi) is 4.92. The Balaban J connectivity index is 3.13. The molecule has 0 amide bonds. The molecule has 1 aromatic rings. The fraction of sp³-hybridized carbons (Fsp3) is 0.615. The monoisotopic (exact) mass is 285 g/mol. The third kappa shape index (κ3) is 4.18. The molecule has 1 rings (SSSR count). The molecule has 0 spiro atoms. The zero-order chi connectivity index (χ0) is 14.7. The van der Waals surface area contributed by atoms with Gasteiger partial charge in [0.05, 0.1) is 0 Å². The summed E-state index contributed by atoms with van der Waals surface area (Å²) < 4.78 is 26.5. The molecule has 19 heavy (non-hydrogen) atoms. The SMILES string of the molecule is CCNc1ncccc1S(=O)(=O)N(C)CC(C)(C)C. The second-order valence-corrected chi connectivity index (χ2v) is 7.72. The van der Waals surface area contributed by atoms with E-state index in [9.17, 15) is 8.42 Å². The van der Waals surface area contributed by atoms with Crippen molar-refractivity contribution in [3.8, 4) is 0 Å². The third-order valence-electron chi connectivity index (χ3n) is 2.50. The topological polar surface area (TPSA) is 62.3 Å². The van der Waals surface area contributed by atoms with E-state index in [0.717, 1.165) is 0 Å². The normalized spacial score (nSPS) is 12.7. The quantitative estimate of drug-likeness (QED) is 0.900. The summed E-state index contributed by atoms with van der Waals surface area (Å²) >= 11 is 0. The molecule has 6 heteroatoms. The Bertz CT molecular complexity index is 521. The highest BCUT2D eigenvalue weighted by molar-refractivity contribution is 7.89. The molecule has 108 valence electrons. The maximum absolute atomic E-state index is 12.6. The minimum absolute atomic E-state index is 0.0949. The van der Waals surface area contributed by atoms with Gasteiger partial charge in [-0.3, -0.25) is 0 Å². The standard InChI is InChI=1S/C13H23N3O2S/c1-6-14-12-11(8-7-9-15-12)19(17,18)16(5)10-13(2,3)4/h7-9H,6,10H2,1-5H3,(H,14,15). The first-order valence-electron chi connectivity index (χ1n) is 6.33. The Labute approximate surface area is 116 Å². The second-order valence-electron chi connectivity index (χ2n) is 5.70. The van der Waals surface area contributed by atoms with Gasteiger partial charge in [-0.1, -0.05) is 20.8 Å². The van der Waals surface area contributed by atoms with Gasteiger partial charge in [-0.15, -0.1) is 0 Å². The van der Waals surface area contributed by atoms with Gasteiger partial charge in [0.15, 0.2) is 0 Å². The predicted octanol–water partition coefficient (Wildman–Crippen LogP) is 2.18. The van der Waals surface area contributed by atoms with Crippen molar-refractivity contribution in [3.63, 3.8) is 0 Å². The second kappa shape index (κ2) is 5.88. The summed E-state index contributed by atoms with van der Waals surface area (Å²) in [7, 11) is -1.92. The minimum Gasteiger partial charge on any atom is -0.369 e. The maximum Gasteiger partial charge on any atom is 0.246 e. The van der Waals surface area contributed by atoms with Crippen molar-refractivity contribution in [2.24, 2.45) is 5.41 Å². The summed E-state index contributed by atoms with van der Waals surface area (Å²) in [6, 6.07) is 3.22. The van der Waals surface area contributed by atoms with Crippen molar-refractivity contribution in [1.29, 1.82) is 0 Å². The number of nitrogens with zero attached hydrogens (tertiary/aromatic N) is 2. The smallest absolute Gasteiger partial charge is 0.246 e. The molecule has 0 aromatic carbocycles. The average Bonchev–Trinajstić information content (AvgIpc) is 2.27. The first-order chi connectivity index (χ1) is 8.68. The van der Waals surface area contributed by atoms with E-state index in [1.807, 2.05) is 27.7 Å². The van der Waals surface area contributed by atoms with Crippen LogP contribution < -0.4 is 5.32 Å². The number of aromatic nitrogens is 1. The van der Waals surface area contributed by atoms with Gasteiger partial charge < -0.3 is 5.32 Å². The Hall–Kier alpha value is -1.14. The van der Waals surface area contributed by atoms with E-state index in [1.165, 1.54) is 4.31 Å². The summed E-state index contributed by atoms with van der Waals surface area (Å²) in [6.45, 7) is 9.01. The maximum atomic E-state index is 12.6. The Morgan fingerprint density at radius 3 is 2.53 bits per heavy atom. The lowest BCUT2D eigenvalue weighted by atomic mass is 9.97. The van der Waals surface area contributed by atoms with Gasteiger partial charge in [0.2, 0.25) is 10.0 Å². The summed E-state index contributed by atoms with van der Waals surface area (Å²) in [5.41, 5.74) is -0.0949. The van der Waals surface area contributed by atoms with Gasteiger partial charge in [-0.2, -0.15) is 0 Å². The predicted molar refractivity (Wildman–Crippen MR) is 77.7 cm³/mol. The zero-order valence-electron chi connectivity index (χ0n) is 12.3. The van der Waals surface area contributed by atoms with Crippen LogP contribution >= 0.6 is 0 Å². The van der Waals surface area contributed by atoms with Gasteiger partial charge >= 0.3 is 0 Å². The molecule has 0 aliphatic rings. The first-order valence-corrected chi connectivity index (χ1v) is 7.77. The van der Waals surface area contributed by atoms with Crippen molar-refractivity contribution >= 4 is 15.8 Å². The van der Waals surface area contributed by atoms with E-state index < -0.39 is 10.0 Å². The third-order valence-corrected chi connectivity index (χ3v) is 4.34. The van der Waals surface area contributed by atoms with E-state index in [-0.39, 0.29) is 10.3 Å². The number of rotatable bonds is 5. The number of hydrogen-bond acceptors (Lipinski definition) is 4. The van der Waals surface area contributed by atoms with Crippen LogP contribution in [0.1, 0.15) is 27.7 Å². The van der Waals surface area contributed by atoms with Crippen LogP contribution in [0.15, 0.2) is 23.2 Å². The number of hydrogen-bond donors (Lipinski definition) is 1. The van der Waals surface area contributed by atoms with E-state index in [0.29, 0.717) is 18.9 Å². The van der Waals surface area contributed by atoms with E-state index in [1.54, 1.807) is 25.4 Å². The molecule has 0 unspecified atom stereocenters. The van der Waals surface area contributed by atoms with Crippen molar-refractivity contribution in [2.75, 3.05) is 25.5 Å². The Morgan fingerprint density at radius 2 is 2.00 bits per heavy atom. The number of nitrogens with one attached hydrogen (secondary N) is 1. The Morgan fingerprint density at radius 1 is 1.37 bits per heavy atom. The lowest BCUT2D eigenvalue weighted by Crippen LogP contribution is -2.35. The largest absolute Gasteiger partial charge is 0.369 e. The highest BCUT2D eigenvalue weighted by atomic mass is 32.2. The zero-order valence-corrected chi connectivity index (χ0v) is 13.1. The van der Waals surface area contributed by atoms with Gasteiger partial charge in [0.1, 0.15) is 10.7 Å². The molecule has 0 fully saturated rings. The van der Waals surface area contributed by atoms with Crippen LogP contribution in [0.25, 0.3) is 0 Å². The number of pyridine rings is 1. The van der Waals surface area contributed by atoms with Crippen LogP contribution in [0, 0.1) is 5.41 Å². The lowest BCUT2D eigenvalue weighted by molar-refractivity contribution is 0.311. The van der Waals surface area contributed by atoms with Crippen LogP contribution in [0.4, 0.5) is 5.82 Å². The minimum atomic E-state index is -3.52. The molecule has 1 aromatic heterocycles. The summed E-state index contributed by atoms with van der Waals surface area (Å²) in [6.07, 6.45) is 1.58. The summed E-state index contributed by atoms with van der Waals surface area (Å²) in [5.74, 6) is 0.408. The molecule has 5 nitrogen and oxygen atoms in total. The number of sulfonamides is 1. The molecule has 0 aliphatic carbocycles. The van der Waals surface area contributed by atoms with Crippen molar-refractivity contribution < 1.29 is 8.42 Å². The van der Waals surface area contributed by atoms with Gasteiger partial charge in [0, 0.05) is 26.3 Å². The van der Waals surface area contributed by atoms with E-state index >= 15 is 0 Å². The van der Waals surface area contributed by atoms with Crippen molar-refractivity contribution in [1.82, 2.24) is 9.29 Å². The molecule has 0 saturated carbocycles. The molecule has 0 aliphatic heterocycles. The fourth-order valence-electron chi connectivity index (χ4n) is 1.82. The van der Waals surface area contributed by atoms with Crippen molar-refractivity contribution in [2.45, 2.75) is 32.6 Å². The average molecular weight is 285 g/mol. The summed E-state index contributed by atoms with van der Waals surface area (Å²) in [5, 5.41) is 2.98. The van der Waals surface area contributed by atoms with Crippen LogP contribution in [0.2, 0.25) is 0 Å². The van der Waals surface area contributed by atoms with Crippen LogP contribution in [0.5, 0.6) is 0 Å². The molecule has 1 N–H and O–H groups in total. The van der Waals surface area contributed by atoms with Crippen LogP contribution in [-0.4, -0.2) is 37.8 Å². The fourth-order valence-corrected chi connectivity index (χ4v) is 3.33. The molecule has 0 saturated heterocycles. The molecule has 1 heterocycles. The highest BCUT2D eigenvalue weighted by Gasteiger charge is 2.27. The van der Waals surface area contributed by atoms with Gasteiger partial charge in [-0.05, 0) is 24.5 Å². The molecule has 0 atom stereocenters. The molecule has 0 radical (unpaired) electrons. The van der Waals surface area contributed by atoms with Gasteiger partial charge in [0.25, 0.3) is 0 Å². The molecular formula is C13H23N3O2S. The number of anilines is 1. The van der Waals surface area contributed by atoms with E-state index in [4.69, 9.17) is 0 Å². The molecule has 0 bridgehead atoms. The first kappa shape index (κ1) is 15.9. The lowest BCUT2D eigenvalue weighted by Gasteiger charge is -2.26. The van der Waals surface area contributed by atoms with E-state index in [2.05, 4.69) is 10.3 Å².